The molecule has 0 aliphatic rings. The second kappa shape index (κ2) is 6.41. The van der Waals surface area contributed by atoms with Gasteiger partial charge in [-0.3, -0.25) is 4.90 Å². The molecule has 0 fully saturated rings. The highest BCUT2D eigenvalue weighted by atomic mass is 16.5. The second-order valence-corrected chi connectivity index (χ2v) is 4.52. The SMILES string of the molecule is COc1cccc(-c2ccc(CN(C)CCN)o2)c1. The van der Waals surface area contributed by atoms with Crippen molar-refractivity contribution >= 4 is 0 Å². The van der Waals surface area contributed by atoms with Gasteiger partial charge in [0.2, 0.25) is 0 Å². The van der Waals surface area contributed by atoms with Crippen molar-refractivity contribution in [1.29, 1.82) is 0 Å². The molecule has 0 saturated heterocycles. The number of methoxy groups -OCH3 is 1. The highest BCUT2D eigenvalue weighted by Gasteiger charge is 2.07. The summed E-state index contributed by atoms with van der Waals surface area (Å²) in [5.41, 5.74) is 6.55. The van der Waals surface area contributed by atoms with Crippen molar-refractivity contribution in [3.05, 3.63) is 42.2 Å². The molecule has 1 heterocycles. The maximum atomic E-state index is 5.85. The Kier molecular flexibility index (Phi) is 4.60. The van der Waals surface area contributed by atoms with Gasteiger partial charge in [0.15, 0.2) is 0 Å². The van der Waals surface area contributed by atoms with E-state index in [2.05, 4.69) is 4.90 Å². The fraction of sp³-hybridized carbons (Fsp3) is 0.333. The number of furan rings is 1. The average Bonchev–Trinajstić information content (AvgIpc) is 2.87. The summed E-state index contributed by atoms with van der Waals surface area (Å²) < 4.78 is 11.1. The summed E-state index contributed by atoms with van der Waals surface area (Å²) >= 11 is 0. The molecule has 2 rings (SSSR count). The summed E-state index contributed by atoms with van der Waals surface area (Å²) in [5.74, 6) is 2.62. The standard InChI is InChI=1S/C15H20N2O2/c1-17(9-8-16)11-14-6-7-15(19-14)12-4-3-5-13(10-12)18-2/h3-7,10H,8-9,11,16H2,1-2H3. The van der Waals surface area contributed by atoms with Gasteiger partial charge in [0.25, 0.3) is 0 Å². The summed E-state index contributed by atoms with van der Waals surface area (Å²) in [5, 5.41) is 0. The maximum absolute atomic E-state index is 5.85. The molecule has 0 bridgehead atoms. The van der Waals surface area contributed by atoms with Gasteiger partial charge in [0, 0.05) is 18.7 Å². The molecule has 0 radical (unpaired) electrons. The third-order valence-corrected chi connectivity index (χ3v) is 2.95. The summed E-state index contributed by atoms with van der Waals surface area (Å²) in [6, 6.07) is 11.8. The van der Waals surface area contributed by atoms with Crippen molar-refractivity contribution in [2.24, 2.45) is 5.73 Å². The zero-order valence-electron chi connectivity index (χ0n) is 11.4. The molecular formula is C15H20N2O2. The lowest BCUT2D eigenvalue weighted by molar-refractivity contribution is 0.304. The van der Waals surface area contributed by atoms with E-state index in [-0.39, 0.29) is 0 Å². The van der Waals surface area contributed by atoms with Gasteiger partial charge in [-0.1, -0.05) is 12.1 Å². The van der Waals surface area contributed by atoms with Crippen LogP contribution in [-0.2, 0) is 6.54 Å². The molecule has 4 heteroatoms. The average molecular weight is 260 g/mol. The Hall–Kier alpha value is -1.78. The van der Waals surface area contributed by atoms with E-state index in [1.165, 1.54) is 0 Å². The van der Waals surface area contributed by atoms with Crippen LogP contribution in [-0.4, -0.2) is 32.1 Å². The molecule has 0 unspecified atom stereocenters. The lowest BCUT2D eigenvalue weighted by Gasteiger charge is -2.12. The zero-order valence-corrected chi connectivity index (χ0v) is 11.4. The van der Waals surface area contributed by atoms with E-state index in [0.717, 1.165) is 35.9 Å². The Morgan fingerprint density at radius 3 is 2.84 bits per heavy atom. The van der Waals surface area contributed by atoms with E-state index in [9.17, 15) is 0 Å². The van der Waals surface area contributed by atoms with E-state index in [0.29, 0.717) is 6.54 Å². The molecule has 2 aromatic rings. The molecule has 2 N–H and O–H groups in total. The van der Waals surface area contributed by atoms with Gasteiger partial charge in [-0.15, -0.1) is 0 Å². The number of hydrogen-bond acceptors (Lipinski definition) is 4. The van der Waals surface area contributed by atoms with Crippen LogP contribution >= 0.6 is 0 Å². The number of nitrogens with two attached hydrogens (primary N) is 1. The first kappa shape index (κ1) is 13.6. The first-order valence-electron chi connectivity index (χ1n) is 6.34. The fourth-order valence-electron chi connectivity index (χ4n) is 1.96. The second-order valence-electron chi connectivity index (χ2n) is 4.52. The van der Waals surface area contributed by atoms with Crippen LogP contribution in [0.15, 0.2) is 40.8 Å². The van der Waals surface area contributed by atoms with E-state index in [1.54, 1.807) is 7.11 Å². The molecule has 0 aliphatic heterocycles. The summed E-state index contributed by atoms with van der Waals surface area (Å²) in [6.07, 6.45) is 0. The van der Waals surface area contributed by atoms with Gasteiger partial charge in [-0.2, -0.15) is 0 Å². The lowest BCUT2D eigenvalue weighted by Crippen LogP contribution is -2.24. The van der Waals surface area contributed by atoms with Gasteiger partial charge in [-0.05, 0) is 31.3 Å². The van der Waals surface area contributed by atoms with E-state index in [1.807, 2.05) is 43.4 Å². The van der Waals surface area contributed by atoms with Gasteiger partial charge in [0.05, 0.1) is 13.7 Å². The van der Waals surface area contributed by atoms with Crippen LogP contribution < -0.4 is 10.5 Å². The minimum absolute atomic E-state index is 0.653. The number of hydrogen-bond donors (Lipinski definition) is 1. The molecule has 1 aromatic carbocycles. The Morgan fingerprint density at radius 1 is 1.26 bits per heavy atom. The maximum Gasteiger partial charge on any atom is 0.134 e. The van der Waals surface area contributed by atoms with Gasteiger partial charge >= 0.3 is 0 Å². The Balaban J connectivity index is 2.11. The first-order chi connectivity index (χ1) is 9.22. The van der Waals surface area contributed by atoms with E-state index >= 15 is 0 Å². The van der Waals surface area contributed by atoms with E-state index < -0.39 is 0 Å². The van der Waals surface area contributed by atoms with Gasteiger partial charge in [0.1, 0.15) is 17.3 Å². The molecular weight excluding hydrogens is 240 g/mol. The number of likely N-dealkylation sites (N-methyl/N-ethyl adjacent to an activating group) is 1. The quantitative estimate of drug-likeness (QED) is 0.866. The van der Waals surface area contributed by atoms with Crippen LogP contribution in [0.3, 0.4) is 0 Å². The van der Waals surface area contributed by atoms with Crippen LogP contribution in [0.5, 0.6) is 5.75 Å². The number of rotatable bonds is 6. The van der Waals surface area contributed by atoms with Crippen LogP contribution in [0.1, 0.15) is 5.76 Å². The molecule has 0 atom stereocenters. The first-order valence-corrected chi connectivity index (χ1v) is 6.34. The molecule has 19 heavy (non-hydrogen) atoms. The number of ether oxygens (including phenoxy) is 1. The number of benzene rings is 1. The molecule has 0 amide bonds. The monoisotopic (exact) mass is 260 g/mol. The molecule has 0 spiro atoms. The van der Waals surface area contributed by atoms with Crippen LogP contribution in [0, 0.1) is 0 Å². The van der Waals surface area contributed by atoms with Crippen molar-refractivity contribution in [3.63, 3.8) is 0 Å². The third kappa shape index (κ3) is 3.59. The van der Waals surface area contributed by atoms with Crippen molar-refractivity contribution in [3.8, 4) is 17.1 Å². The summed E-state index contributed by atoms with van der Waals surface area (Å²) in [4.78, 5) is 2.13. The van der Waals surface area contributed by atoms with Crippen LogP contribution in [0.2, 0.25) is 0 Å². The minimum Gasteiger partial charge on any atom is -0.497 e. The molecule has 0 aliphatic carbocycles. The molecule has 4 nitrogen and oxygen atoms in total. The molecule has 1 aromatic heterocycles. The topological polar surface area (TPSA) is 51.6 Å². The molecule has 0 saturated carbocycles. The fourth-order valence-corrected chi connectivity index (χ4v) is 1.96. The van der Waals surface area contributed by atoms with Crippen molar-refractivity contribution in [1.82, 2.24) is 4.90 Å². The highest BCUT2D eigenvalue weighted by molar-refractivity contribution is 5.59. The normalized spacial score (nSPS) is 10.9. The minimum atomic E-state index is 0.653. The highest BCUT2D eigenvalue weighted by Crippen LogP contribution is 2.25. The zero-order chi connectivity index (χ0) is 13.7. The smallest absolute Gasteiger partial charge is 0.134 e. The summed E-state index contributed by atoms with van der Waals surface area (Å²) in [6.45, 7) is 2.27. The predicted octanol–water partition coefficient (Wildman–Crippen LogP) is 2.35. The lowest BCUT2D eigenvalue weighted by atomic mass is 10.2. The predicted molar refractivity (Wildman–Crippen MR) is 76.1 cm³/mol. The number of nitrogens with zero attached hydrogens (tertiary/aromatic N) is 1. The Bertz CT molecular complexity index is 522. The van der Waals surface area contributed by atoms with Gasteiger partial charge < -0.3 is 14.9 Å². The van der Waals surface area contributed by atoms with E-state index in [4.69, 9.17) is 14.9 Å². The van der Waals surface area contributed by atoms with Crippen LogP contribution in [0.4, 0.5) is 0 Å². The van der Waals surface area contributed by atoms with Crippen molar-refractivity contribution < 1.29 is 9.15 Å². The Morgan fingerprint density at radius 2 is 2.11 bits per heavy atom. The molecule has 102 valence electrons. The van der Waals surface area contributed by atoms with Crippen LogP contribution in [0.25, 0.3) is 11.3 Å². The Labute approximate surface area is 113 Å². The van der Waals surface area contributed by atoms with Gasteiger partial charge in [-0.25, -0.2) is 0 Å². The largest absolute Gasteiger partial charge is 0.497 e. The third-order valence-electron chi connectivity index (χ3n) is 2.95. The summed E-state index contributed by atoms with van der Waals surface area (Å²) in [7, 11) is 3.69. The van der Waals surface area contributed by atoms with Crippen molar-refractivity contribution in [2.75, 3.05) is 27.2 Å². The van der Waals surface area contributed by atoms with Crippen molar-refractivity contribution in [2.45, 2.75) is 6.54 Å².